The second-order valence-electron chi connectivity index (χ2n) is 5.95. The molecule has 0 N–H and O–H groups in total. The SMILES string of the molecule is CC(C)C#Cc1cc2cnn(C3CCCCO3)c2cc1C=O. The first-order chi connectivity index (χ1) is 10.7. The number of carbonyl (C=O) groups is 1. The van der Waals surface area contributed by atoms with E-state index in [2.05, 4.69) is 16.9 Å². The number of hydrogen-bond donors (Lipinski definition) is 0. The Hall–Kier alpha value is -2.12. The van der Waals surface area contributed by atoms with Crippen LogP contribution in [0.3, 0.4) is 0 Å². The molecule has 0 saturated carbocycles. The normalized spacial score (nSPS) is 18.2. The van der Waals surface area contributed by atoms with Gasteiger partial charge < -0.3 is 4.74 Å². The average Bonchev–Trinajstić information content (AvgIpc) is 2.95. The number of benzene rings is 1. The average molecular weight is 296 g/mol. The number of rotatable bonds is 2. The van der Waals surface area contributed by atoms with Crippen LogP contribution in [0.2, 0.25) is 0 Å². The van der Waals surface area contributed by atoms with Crippen LogP contribution in [0.1, 0.15) is 55.3 Å². The fraction of sp³-hybridized carbons (Fsp3) is 0.444. The van der Waals surface area contributed by atoms with Crippen LogP contribution < -0.4 is 0 Å². The second-order valence-corrected chi connectivity index (χ2v) is 5.95. The molecule has 0 radical (unpaired) electrons. The predicted octanol–water partition coefficient (Wildman–Crippen LogP) is 3.56. The summed E-state index contributed by atoms with van der Waals surface area (Å²) in [5.41, 5.74) is 2.31. The molecule has 2 aromatic rings. The number of hydrogen-bond acceptors (Lipinski definition) is 3. The van der Waals surface area contributed by atoms with Crippen LogP contribution in [0.25, 0.3) is 10.9 Å². The molecule has 4 nitrogen and oxygen atoms in total. The Morgan fingerprint density at radius 2 is 2.27 bits per heavy atom. The molecule has 22 heavy (non-hydrogen) atoms. The van der Waals surface area contributed by atoms with Crippen molar-refractivity contribution in [1.82, 2.24) is 9.78 Å². The first-order valence-electron chi connectivity index (χ1n) is 7.78. The smallest absolute Gasteiger partial charge is 0.151 e. The van der Waals surface area contributed by atoms with Gasteiger partial charge >= 0.3 is 0 Å². The van der Waals surface area contributed by atoms with Crippen molar-refractivity contribution in [2.24, 2.45) is 5.92 Å². The van der Waals surface area contributed by atoms with E-state index in [4.69, 9.17) is 4.74 Å². The van der Waals surface area contributed by atoms with Crippen molar-refractivity contribution in [3.63, 3.8) is 0 Å². The molecule has 0 aliphatic carbocycles. The number of aldehydes is 1. The maximum atomic E-state index is 11.4. The molecule has 1 fully saturated rings. The molecule has 1 unspecified atom stereocenters. The van der Waals surface area contributed by atoms with Crippen molar-refractivity contribution in [1.29, 1.82) is 0 Å². The molecule has 114 valence electrons. The van der Waals surface area contributed by atoms with Gasteiger partial charge in [0.25, 0.3) is 0 Å². The van der Waals surface area contributed by atoms with Gasteiger partial charge in [-0.05, 0) is 31.4 Å². The fourth-order valence-corrected chi connectivity index (χ4v) is 2.68. The molecule has 1 saturated heterocycles. The lowest BCUT2D eigenvalue weighted by Gasteiger charge is -2.23. The monoisotopic (exact) mass is 296 g/mol. The van der Waals surface area contributed by atoms with E-state index in [1.165, 1.54) is 0 Å². The maximum absolute atomic E-state index is 11.4. The minimum absolute atomic E-state index is 0.0293. The molecule has 1 atom stereocenters. The van der Waals surface area contributed by atoms with Gasteiger partial charge in [-0.2, -0.15) is 5.10 Å². The van der Waals surface area contributed by atoms with Gasteiger partial charge in [0.1, 0.15) is 0 Å². The zero-order valence-electron chi connectivity index (χ0n) is 13.0. The van der Waals surface area contributed by atoms with Crippen molar-refractivity contribution in [3.05, 3.63) is 29.5 Å². The van der Waals surface area contributed by atoms with Gasteiger partial charge in [-0.1, -0.05) is 25.7 Å². The summed E-state index contributed by atoms with van der Waals surface area (Å²) in [6, 6.07) is 3.82. The lowest BCUT2D eigenvalue weighted by atomic mass is 10.0. The summed E-state index contributed by atoms with van der Waals surface area (Å²) in [6.45, 7) is 4.83. The number of carbonyl (C=O) groups excluding carboxylic acids is 1. The Morgan fingerprint density at radius 3 is 2.95 bits per heavy atom. The van der Waals surface area contributed by atoms with Gasteiger partial charge in [0.05, 0.1) is 11.7 Å². The summed E-state index contributed by atoms with van der Waals surface area (Å²) in [5.74, 6) is 6.48. The minimum Gasteiger partial charge on any atom is -0.356 e. The van der Waals surface area contributed by atoms with E-state index in [1.807, 2.05) is 36.9 Å². The summed E-state index contributed by atoms with van der Waals surface area (Å²) in [6.07, 6.45) is 5.86. The molecular weight excluding hydrogens is 276 g/mol. The van der Waals surface area contributed by atoms with E-state index in [-0.39, 0.29) is 12.1 Å². The van der Waals surface area contributed by atoms with Crippen molar-refractivity contribution >= 4 is 17.2 Å². The number of nitrogens with zero attached hydrogens (tertiary/aromatic N) is 2. The Balaban J connectivity index is 2.05. The largest absolute Gasteiger partial charge is 0.356 e. The molecule has 0 bridgehead atoms. The molecule has 0 amide bonds. The molecule has 1 aromatic carbocycles. The van der Waals surface area contributed by atoms with Crippen molar-refractivity contribution < 1.29 is 9.53 Å². The van der Waals surface area contributed by atoms with Gasteiger partial charge in [0.2, 0.25) is 0 Å². The quantitative estimate of drug-likeness (QED) is 0.629. The highest BCUT2D eigenvalue weighted by atomic mass is 16.5. The van der Waals surface area contributed by atoms with Gasteiger partial charge in [0.15, 0.2) is 12.5 Å². The maximum Gasteiger partial charge on any atom is 0.151 e. The van der Waals surface area contributed by atoms with E-state index >= 15 is 0 Å². The van der Waals surface area contributed by atoms with Gasteiger partial charge in [0, 0.05) is 29.0 Å². The number of ether oxygens (including phenoxy) is 1. The summed E-state index contributed by atoms with van der Waals surface area (Å²) in [7, 11) is 0. The first kappa shape index (κ1) is 14.8. The Bertz CT molecular complexity index is 744. The molecule has 3 rings (SSSR count). The van der Waals surface area contributed by atoms with E-state index in [1.54, 1.807) is 0 Å². The zero-order valence-corrected chi connectivity index (χ0v) is 13.0. The Labute approximate surface area is 130 Å². The van der Waals surface area contributed by atoms with Crippen molar-refractivity contribution in [3.8, 4) is 11.8 Å². The van der Waals surface area contributed by atoms with Crippen LogP contribution in [0.4, 0.5) is 0 Å². The van der Waals surface area contributed by atoms with E-state index in [9.17, 15) is 4.79 Å². The highest BCUT2D eigenvalue weighted by Gasteiger charge is 2.19. The zero-order chi connectivity index (χ0) is 15.5. The van der Waals surface area contributed by atoms with Crippen LogP contribution in [0.5, 0.6) is 0 Å². The lowest BCUT2D eigenvalue weighted by molar-refractivity contribution is -0.0366. The molecule has 1 aliphatic rings. The second kappa shape index (κ2) is 6.33. The first-order valence-corrected chi connectivity index (χ1v) is 7.78. The number of aromatic nitrogens is 2. The summed E-state index contributed by atoms with van der Waals surface area (Å²) >= 11 is 0. The summed E-state index contributed by atoms with van der Waals surface area (Å²) in [5, 5.41) is 5.45. The minimum atomic E-state index is -0.0293. The van der Waals surface area contributed by atoms with E-state index in [0.29, 0.717) is 5.56 Å². The van der Waals surface area contributed by atoms with Crippen molar-refractivity contribution in [2.75, 3.05) is 6.61 Å². The molecule has 4 heteroatoms. The Kier molecular flexibility index (Phi) is 4.26. The highest BCUT2D eigenvalue weighted by Crippen LogP contribution is 2.27. The standard InChI is InChI=1S/C18H20N2O2/c1-13(2)6-7-14-9-15-11-19-20(17(15)10-16(14)12-21)18-5-3-4-8-22-18/h9-13,18H,3-5,8H2,1-2H3. The molecular formula is C18H20N2O2. The summed E-state index contributed by atoms with van der Waals surface area (Å²) < 4.78 is 7.69. The fourth-order valence-electron chi connectivity index (χ4n) is 2.68. The summed E-state index contributed by atoms with van der Waals surface area (Å²) in [4.78, 5) is 11.4. The van der Waals surface area contributed by atoms with Gasteiger partial charge in [-0.15, -0.1) is 0 Å². The van der Waals surface area contributed by atoms with Crippen LogP contribution >= 0.6 is 0 Å². The predicted molar refractivity (Wildman–Crippen MR) is 85.7 cm³/mol. The van der Waals surface area contributed by atoms with Crippen LogP contribution in [0.15, 0.2) is 18.3 Å². The highest BCUT2D eigenvalue weighted by molar-refractivity contribution is 5.90. The van der Waals surface area contributed by atoms with Gasteiger partial charge in [-0.3, -0.25) is 4.79 Å². The molecule has 0 spiro atoms. The van der Waals surface area contributed by atoms with Crippen molar-refractivity contribution in [2.45, 2.75) is 39.3 Å². The van der Waals surface area contributed by atoms with Gasteiger partial charge in [-0.25, -0.2) is 4.68 Å². The molecule has 2 heterocycles. The van der Waals surface area contributed by atoms with E-state index in [0.717, 1.165) is 48.6 Å². The van der Waals surface area contributed by atoms with Crippen LogP contribution in [-0.4, -0.2) is 22.7 Å². The third kappa shape index (κ3) is 2.90. The topological polar surface area (TPSA) is 44.1 Å². The van der Waals surface area contributed by atoms with Crippen LogP contribution in [-0.2, 0) is 4.74 Å². The number of fused-ring (bicyclic) bond motifs is 1. The van der Waals surface area contributed by atoms with E-state index < -0.39 is 0 Å². The molecule has 1 aromatic heterocycles. The molecule has 1 aliphatic heterocycles. The van der Waals surface area contributed by atoms with Crippen LogP contribution in [0, 0.1) is 17.8 Å². The third-order valence-electron chi connectivity index (χ3n) is 3.82. The lowest BCUT2D eigenvalue weighted by Crippen LogP contribution is -2.19. The Morgan fingerprint density at radius 1 is 1.41 bits per heavy atom. The third-order valence-corrected chi connectivity index (χ3v) is 3.82.